The van der Waals surface area contributed by atoms with Crippen LogP contribution in [0.5, 0.6) is 0 Å². The van der Waals surface area contributed by atoms with E-state index in [1.165, 1.54) is 22.5 Å². The van der Waals surface area contributed by atoms with E-state index in [9.17, 15) is 4.79 Å². The molecule has 0 atom stereocenters. The van der Waals surface area contributed by atoms with Crippen molar-refractivity contribution < 1.29 is 9.90 Å². The summed E-state index contributed by atoms with van der Waals surface area (Å²) in [5, 5.41) is 14.1. The van der Waals surface area contributed by atoms with E-state index in [0.29, 0.717) is 18.7 Å². The van der Waals surface area contributed by atoms with Crippen molar-refractivity contribution in [3.05, 3.63) is 51.5 Å². The molecule has 1 aromatic carbocycles. The summed E-state index contributed by atoms with van der Waals surface area (Å²) in [6.45, 7) is 2.61. The monoisotopic (exact) mass is 290 g/mol. The fourth-order valence-electron chi connectivity index (χ4n) is 1.75. The second-order valence-corrected chi connectivity index (χ2v) is 5.56. The summed E-state index contributed by atoms with van der Waals surface area (Å²) >= 11 is 1.49. The van der Waals surface area contributed by atoms with Gasteiger partial charge in [-0.3, -0.25) is 4.79 Å². The SMILES string of the molecule is Cc1ccc(Cc2nc(C(=O)NCCCO)cs2)cc1. The number of rotatable bonds is 6. The fraction of sp³-hybridized carbons (Fsp3) is 0.333. The van der Waals surface area contributed by atoms with Crippen LogP contribution in [0.4, 0.5) is 0 Å². The van der Waals surface area contributed by atoms with E-state index < -0.39 is 0 Å². The van der Waals surface area contributed by atoms with Gasteiger partial charge in [-0.1, -0.05) is 29.8 Å². The molecule has 0 saturated carbocycles. The van der Waals surface area contributed by atoms with Gasteiger partial charge in [0.25, 0.3) is 5.91 Å². The molecule has 106 valence electrons. The number of aryl methyl sites for hydroxylation is 1. The minimum Gasteiger partial charge on any atom is -0.396 e. The number of nitrogens with one attached hydrogen (secondary N) is 1. The van der Waals surface area contributed by atoms with Gasteiger partial charge in [-0.05, 0) is 18.9 Å². The average Bonchev–Trinajstić information content (AvgIpc) is 2.90. The van der Waals surface area contributed by atoms with Gasteiger partial charge in [0, 0.05) is 25.0 Å². The topological polar surface area (TPSA) is 62.2 Å². The van der Waals surface area contributed by atoms with Crippen molar-refractivity contribution in [1.82, 2.24) is 10.3 Å². The molecule has 2 rings (SSSR count). The molecule has 0 unspecified atom stereocenters. The minimum absolute atomic E-state index is 0.0794. The molecule has 5 heteroatoms. The van der Waals surface area contributed by atoms with Gasteiger partial charge in [-0.25, -0.2) is 4.98 Å². The van der Waals surface area contributed by atoms with Crippen LogP contribution >= 0.6 is 11.3 Å². The normalized spacial score (nSPS) is 10.5. The second-order valence-electron chi connectivity index (χ2n) is 4.62. The first-order valence-electron chi connectivity index (χ1n) is 6.58. The van der Waals surface area contributed by atoms with E-state index in [4.69, 9.17) is 5.11 Å². The Morgan fingerprint density at radius 2 is 2.10 bits per heavy atom. The van der Waals surface area contributed by atoms with Crippen LogP contribution in [0.1, 0.15) is 33.0 Å². The van der Waals surface area contributed by atoms with Crippen molar-refractivity contribution in [3.8, 4) is 0 Å². The Morgan fingerprint density at radius 1 is 1.35 bits per heavy atom. The van der Waals surface area contributed by atoms with Gasteiger partial charge in [0.2, 0.25) is 0 Å². The van der Waals surface area contributed by atoms with Gasteiger partial charge in [0.15, 0.2) is 0 Å². The summed E-state index contributed by atoms with van der Waals surface area (Å²) in [4.78, 5) is 16.1. The van der Waals surface area contributed by atoms with Crippen molar-refractivity contribution in [2.75, 3.05) is 13.2 Å². The summed E-state index contributed by atoms with van der Waals surface area (Å²) in [5.41, 5.74) is 2.88. The third kappa shape index (κ3) is 4.15. The molecule has 0 spiro atoms. The zero-order chi connectivity index (χ0) is 14.4. The number of amides is 1. The maximum absolute atomic E-state index is 11.8. The lowest BCUT2D eigenvalue weighted by atomic mass is 10.1. The van der Waals surface area contributed by atoms with Crippen LogP contribution in [0.25, 0.3) is 0 Å². The van der Waals surface area contributed by atoms with Crippen molar-refractivity contribution in [3.63, 3.8) is 0 Å². The molecule has 0 aliphatic rings. The predicted octanol–water partition coefficient (Wildman–Crippen LogP) is 2.15. The number of thiazole rings is 1. The molecule has 0 radical (unpaired) electrons. The van der Waals surface area contributed by atoms with Gasteiger partial charge in [-0.15, -0.1) is 11.3 Å². The highest BCUT2D eigenvalue weighted by Gasteiger charge is 2.10. The largest absolute Gasteiger partial charge is 0.396 e. The standard InChI is InChI=1S/C15H18N2O2S/c1-11-3-5-12(6-4-11)9-14-17-13(10-20-14)15(19)16-7-2-8-18/h3-6,10,18H,2,7-9H2,1H3,(H,16,19). The number of aromatic nitrogens is 1. The zero-order valence-corrected chi connectivity index (χ0v) is 12.2. The highest BCUT2D eigenvalue weighted by molar-refractivity contribution is 7.09. The van der Waals surface area contributed by atoms with Crippen molar-refractivity contribution in [2.24, 2.45) is 0 Å². The molecule has 4 nitrogen and oxygen atoms in total. The number of carbonyl (C=O) groups excluding carboxylic acids is 1. The summed E-state index contributed by atoms with van der Waals surface area (Å²) in [5.74, 6) is -0.176. The van der Waals surface area contributed by atoms with Gasteiger partial charge in [0.1, 0.15) is 5.69 Å². The molecule has 1 heterocycles. The number of carbonyl (C=O) groups is 1. The molecule has 1 amide bonds. The number of benzene rings is 1. The van der Waals surface area contributed by atoms with E-state index in [1.54, 1.807) is 5.38 Å². The van der Waals surface area contributed by atoms with Crippen molar-refractivity contribution in [1.29, 1.82) is 0 Å². The molecule has 0 aliphatic carbocycles. The highest BCUT2D eigenvalue weighted by atomic mass is 32.1. The Labute approximate surface area is 122 Å². The quantitative estimate of drug-likeness (QED) is 0.801. The van der Waals surface area contributed by atoms with Crippen LogP contribution in [0, 0.1) is 6.92 Å². The number of hydrogen-bond acceptors (Lipinski definition) is 4. The minimum atomic E-state index is -0.176. The maximum Gasteiger partial charge on any atom is 0.270 e. The molecule has 1 aromatic heterocycles. The fourth-order valence-corrected chi connectivity index (χ4v) is 2.56. The van der Waals surface area contributed by atoms with Crippen LogP contribution in [0.3, 0.4) is 0 Å². The summed E-state index contributed by atoms with van der Waals surface area (Å²) in [6, 6.07) is 8.31. The van der Waals surface area contributed by atoms with Crippen LogP contribution in [0.2, 0.25) is 0 Å². The van der Waals surface area contributed by atoms with Crippen molar-refractivity contribution in [2.45, 2.75) is 19.8 Å². The smallest absolute Gasteiger partial charge is 0.270 e. The zero-order valence-electron chi connectivity index (χ0n) is 11.4. The van der Waals surface area contributed by atoms with Crippen LogP contribution < -0.4 is 5.32 Å². The lowest BCUT2D eigenvalue weighted by Gasteiger charge is -2.01. The van der Waals surface area contributed by atoms with Gasteiger partial charge < -0.3 is 10.4 Å². The Kier molecular flexibility index (Phi) is 5.26. The molecule has 20 heavy (non-hydrogen) atoms. The molecule has 0 bridgehead atoms. The van der Waals surface area contributed by atoms with Gasteiger partial charge in [-0.2, -0.15) is 0 Å². The Morgan fingerprint density at radius 3 is 2.80 bits per heavy atom. The Hall–Kier alpha value is -1.72. The molecule has 0 fully saturated rings. The van der Waals surface area contributed by atoms with E-state index >= 15 is 0 Å². The lowest BCUT2D eigenvalue weighted by Crippen LogP contribution is -2.25. The van der Waals surface area contributed by atoms with E-state index in [0.717, 1.165) is 11.4 Å². The summed E-state index contributed by atoms with van der Waals surface area (Å²) in [6.07, 6.45) is 1.31. The first-order chi connectivity index (χ1) is 9.69. The number of aliphatic hydroxyl groups is 1. The molecular weight excluding hydrogens is 272 g/mol. The van der Waals surface area contributed by atoms with Crippen LogP contribution in [0.15, 0.2) is 29.6 Å². The lowest BCUT2D eigenvalue weighted by molar-refractivity contribution is 0.0946. The van der Waals surface area contributed by atoms with E-state index in [-0.39, 0.29) is 12.5 Å². The van der Waals surface area contributed by atoms with Crippen LogP contribution in [-0.2, 0) is 6.42 Å². The average molecular weight is 290 g/mol. The van der Waals surface area contributed by atoms with Gasteiger partial charge >= 0.3 is 0 Å². The molecule has 2 aromatic rings. The number of aliphatic hydroxyl groups excluding tert-OH is 1. The third-order valence-electron chi connectivity index (χ3n) is 2.88. The van der Waals surface area contributed by atoms with Crippen molar-refractivity contribution >= 4 is 17.2 Å². The molecule has 0 aliphatic heterocycles. The van der Waals surface area contributed by atoms with Gasteiger partial charge in [0.05, 0.1) is 5.01 Å². The third-order valence-corrected chi connectivity index (χ3v) is 3.73. The Bertz CT molecular complexity index is 564. The first-order valence-corrected chi connectivity index (χ1v) is 7.46. The second kappa shape index (κ2) is 7.17. The molecule has 2 N–H and O–H groups in total. The summed E-state index contributed by atoms with van der Waals surface area (Å²) in [7, 11) is 0. The summed E-state index contributed by atoms with van der Waals surface area (Å²) < 4.78 is 0. The highest BCUT2D eigenvalue weighted by Crippen LogP contribution is 2.15. The van der Waals surface area contributed by atoms with E-state index in [2.05, 4.69) is 41.5 Å². The molecular formula is C15H18N2O2S. The predicted molar refractivity (Wildman–Crippen MR) is 80.1 cm³/mol. The number of nitrogens with zero attached hydrogens (tertiary/aromatic N) is 1. The van der Waals surface area contributed by atoms with Crippen LogP contribution in [-0.4, -0.2) is 29.1 Å². The Balaban J connectivity index is 1.94. The molecule has 0 saturated heterocycles. The maximum atomic E-state index is 11.8. The first kappa shape index (κ1) is 14.7. The van der Waals surface area contributed by atoms with E-state index in [1.807, 2.05) is 0 Å². The number of hydrogen-bond donors (Lipinski definition) is 2.